The molecule has 0 atom stereocenters. The number of nitrogens with zero attached hydrogens (tertiary/aromatic N) is 4. The van der Waals surface area contributed by atoms with Gasteiger partial charge in [-0.3, -0.25) is 10.1 Å². The standard InChI is InChI=1S/C13H7ClFN5O2/c14-12-2-1-7(5-16-12)19-13-8-3-11(20(21)22)9(15)4-10(8)17-6-18-13/h1-6H,(H,17,18,19). The Morgan fingerprint density at radius 3 is 2.73 bits per heavy atom. The van der Waals surface area contributed by atoms with Crippen LogP contribution < -0.4 is 5.32 Å². The lowest BCUT2D eigenvalue weighted by molar-refractivity contribution is -0.387. The maximum atomic E-state index is 13.6. The number of hydrogen-bond acceptors (Lipinski definition) is 6. The lowest BCUT2D eigenvalue weighted by Gasteiger charge is -2.08. The summed E-state index contributed by atoms with van der Waals surface area (Å²) in [5, 5.41) is 14.4. The van der Waals surface area contributed by atoms with Gasteiger partial charge in [-0.15, -0.1) is 0 Å². The number of nitro benzene ring substituents is 1. The van der Waals surface area contributed by atoms with Gasteiger partial charge in [0.1, 0.15) is 17.3 Å². The third-order valence-electron chi connectivity index (χ3n) is 2.89. The summed E-state index contributed by atoms with van der Waals surface area (Å²) in [7, 11) is 0. The zero-order valence-corrected chi connectivity index (χ0v) is 11.6. The average Bonchev–Trinajstić information content (AvgIpc) is 2.49. The fourth-order valence-electron chi connectivity index (χ4n) is 1.89. The van der Waals surface area contributed by atoms with E-state index >= 15 is 0 Å². The minimum absolute atomic E-state index is 0.252. The molecular formula is C13H7ClFN5O2. The fourth-order valence-corrected chi connectivity index (χ4v) is 2.00. The summed E-state index contributed by atoms with van der Waals surface area (Å²) < 4.78 is 13.6. The van der Waals surface area contributed by atoms with Crippen LogP contribution in [0.25, 0.3) is 10.9 Å². The van der Waals surface area contributed by atoms with Gasteiger partial charge in [-0.2, -0.15) is 4.39 Å². The quantitative estimate of drug-likeness (QED) is 0.451. The van der Waals surface area contributed by atoms with Crippen LogP contribution in [0, 0.1) is 15.9 Å². The number of fused-ring (bicyclic) bond motifs is 1. The highest BCUT2D eigenvalue weighted by molar-refractivity contribution is 6.29. The second kappa shape index (κ2) is 5.49. The van der Waals surface area contributed by atoms with Gasteiger partial charge in [-0.1, -0.05) is 11.6 Å². The number of anilines is 2. The van der Waals surface area contributed by atoms with E-state index in [-0.39, 0.29) is 5.52 Å². The van der Waals surface area contributed by atoms with Crippen molar-refractivity contribution in [1.29, 1.82) is 0 Å². The number of hydrogen-bond donors (Lipinski definition) is 1. The highest BCUT2D eigenvalue weighted by Gasteiger charge is 2.17. The van der Waals surface area contributed by atoms with Gasteiger partial charge in [0.25, 0.3) is 0 Å². The molecule has 22 heavy (non-hydrogen) atoms. The normalized spacial score (nSPS) is 10.6. The highest BCUT2D eigenvalue weighted by Crippen LogP contribution is 2.28. The summed E-state index contributed by atoms with van der Waals surface area (Å²) in [5.41, 5.74) is 0.193. The number of benzene rings is 1. The fraction of sp³-hybridized carbons (Fsp3) is 0. The third kappa shape index (κ3) is 2.63. The molecule has 2 aromatic heterocycles. The number of pyridine rings is 1. The Morgan fingerprint density at radius 1 is 1.23 bits per heavy atom. The van der Waals surface area contributed by atoms with E-state index in [1.54, 1.807) is 12.1 Å². The van der Waals surface area contributed by atoms with E-state index in [1.165, 1.54) is 12.5 Å². The van der Waals surface area contributed by atoms with Crippen LogP contribution in [0.15, 0.2) is 36.8 Å². The molecule has 0 bridgehead atoms. The number of nitrogens with one attached hydrogen (secondary N) is 1. The van der Waals surface area contributed by atoms with E-state index in [0.717, 1.165) is 12.1 Å². The molecular weight excluding hydrogens is 313 g/mol. The molecule has 1 aromatic carbocycles. The predicted octanol–water partition coefficient (Wildman–Crippen LogP) is 3.47. The van der Waals surface area contributed by atoms with Gasteiger partial charge in [-0.05, 0) is 12.1 Å². The van der Waals surface area contributed by atoms with Gasteiger partial charge in [0.15, 0.2) is 0 Å². The van der Waals surface area contributed by atoms with Crippen LogP contribution in [0.2, 0.25) is 5.15 Å². The van der Waals surface area contributed by atoms with Crippen molar-refractivity contribution in [3.63, 3.8) is 0 Å². The Labute approximate surface area is 128 Å². The van der Waals surface area contributed by atoms with Crippen molar-refractivity contribution in [3.05, 3.63) is 57.9 Å². The molecule has 0 aliphatic rings. The number of nitro groups is 1. The molecule has 7 nitrogen and oxygen atoms in total. The molecule has 0 saturated heterocycles. The first-order chi connectivity index (χ1) is 10.5. The topological polar surface area (TPSA) is 93.8 Å². The smallest absolute Gasteiger partial charge is 0.305 e. The van der Waals surface area contributed by atoms with Gasteiger partial charge in [0, 0.05) is 12.1 Å². The van der Waals surface area contributed by atoms with Crippen LogP contribution in [0.4, 0.5) is 21.6 Å². The first kappa shape index (κ1) is 14.1. The molecule has 3 aromatic rings. The predicted molar refractivity (Wildman–Crippen MR) is 78.7 cm³/mol. The lowest BCUT2D eigenvalue weighted by Crippen LogP contribution is -1.99. The van der Waals surface area contributed by atoms with Crippen molar-refractivity contribution in [2.24, 2.45) is 0 Å². The van der Waals surface area contributed by atoms with Crippen molar-refractivity contribution >= 4 is 39.7 Å². The van der Waals surface area contributed by atoms with Crippen molar-refractivity contribution in [2.45, 2.75) is 0 Å². The molecule has 110 valence electrons. The Hall–Kier alpha value is -2.87. The van der Waals surface area contributed by atoms with Gasteiger partial charge in [0.2, 0.25) is 5.82 Å². The minimum atomic E-state index is -0.949. The van der Waals surface area contributed by atoms with Crippen molar-refractivity contribution in [2.75, 3.05) is 5.32 Å². The van der Waals surface area contributed by atoms with E-state index in [2.05, 4.69) is 20.3 Å². The van der Waals surface area contributed by atoms with Gasteiger partial charge in [-0.25, -0.2) is 15.0 Å². The summed E-state index contributed by atoms with van der Waals surface area (Å²) in [4.78, 5) is 21.9. The third-order valence-corrected chi connectivity index (χ3v) is 3.11. The van der Waals surface area contributed by atoms with Gasteiger partial charge < -0.3 is 5.32 Å². The van der Waals surface area contributed by atoms with Crippen molar-refractivity contribution < 1.29 is 9.31 Å². The first-order valence-corrected chi connectivity index (χ1v) is 6.39. The summed E-state index contributed by atoms with van der Waals surface area (Å²) in [5.74, 6) is -0.646. The van der Waals surface area contributed by atoms with Gasteiger partial charge in [0.05, 0.1) is 27.7 Å². The number of rotatable bonds is 3. The van der Waals surface area contributed by atoms with Crippen LogP contribution in [-0.4, -0.2) is 19.9 Å². The Morgan fingerprint density at radius 2 is 2.05 bits per heavy atom. The SMILES string of the molecule is O=[N+]([O-])c1cc2c(Nc3ccc(Cl)nc3)ncnc2cc1F. The highest BCUT2D eigenvalue weighted by atomic mass is 35.5. The summed E-state index contributed by atoms with van der Waals surface area (Å²) >= 11 is 5.70. The molecule has 0 fully saturated rings. The first-order valence-electron chi connectivity index (χ1n) is 6.02. The molecule has 0 unspecified atom stereocenters. The van der Waals surface area contributed by atoms with E-state index < -0.39 is 16.4 Å². The number of halogens is 2. The maximum Gasteiger partial charge on any atom is 0.305 e. The molecule has 1 N–H and O–H groups in total. The van der Waals surface area contributed by atoms with Crippen LogP contribution in [0.1, 0.15) is 0 Å². The second-order valence-corrected chi connectivity index (χ2v) is 4.68. The molecule has 0 spiro atoms. The monoisotopic (exact) mass is 319 g/mol. The molecule has 2 heterocycles. The Kier molecular flexibility index (Phi) is 3.51. The van der Waals surface area contributed by atoms with E-state index in [1.807, 2.05) is 0 Å². The minimum Gasteiger partial charge on any atom is -0.338 e. The van der Waals surface area contributed by atoms with Gasteiger partial charge >= 0.3 is 5.69 Å². The zero-order valence-electron chi connectivity index (χ0n) is 10.8. The lowest BCUT2D eigenvalue weighted by atomic mass is 10.2. The molecule has 9 heteroatoms. The Bertz CT molecular complexity index is 872. The van der Waals surface area contributed by atoms with Crippen LogP contribution >= 0.6 is 11.6 Å². The summed E-state index contributed by atoms with van der Waals surface area (Å²) in [6, 6.07) is 5.34. The molecule has 0 aliphatic heterocycles. The zero-order chi connectivity index (χ0) is 15.7. The van der Waals surface area contributed by atoms with Crippen molar-refractivity contribution in [1.82, 2.24) is 15.0 Å². The second-order valence-electron chi connectivity index (χ2n) is 4.29. The van der Waals surface area contributed by atoms with Crippen LogP contribution in [0.5, 0.6) is 0 Å². The molecule has 0 amide bonds. The molecule has 0 saturated carbocycles. The maximum absolute atomic E-state index is 13.6. The van der Waals surface area contributed by atoms with E-state index in [9.17, 15) is 14.5 Å². The largest absolute Gasteiger partial charge is 0.338 e. The van der Waals surface area contributed by atoms with Crippen LogP contribution in [0.3, 0.4) is 0 Å². The molecule has 0 aliphatic carbocycles. The molecule has 3 rings (SSSR count). The van der Waals surface area contributed by atoms with Crippen LogP contribution in [-0.2, 0) is 0 Å². The van der Waals surface area contributed by atoms with E-state index in [4.69, 9.17) is 11.6 Å². The van der Waals surface area contributed by atoms with E-state index in [0.29, 0.717) is 22.0 Å². The molecule has 0 radical (unpaired) electrons. The summed E-state index contributed by atoms with van der Waals surface area (Å²) in [6.07, 6.45) is 2.72. The average molecular weight is 320 g/mol. The van der Waals surface area contributed by atoms with Crippen molar-refractivity contribution in [3.8, 4) is 0 Å². The summed E-state index contributed by atoms with van der Waals surface area (Å²) in [6.45, 7) is 0. The Balaban J connectivity index is 2.11. The number of aromatic nitrogens is 3.